The van der Waals surface area contributed by atoms with Crippen LogP contribution in [0, 0.1) is 5.82 Å². The Morgan fingerprint density at radius 3 is 2.92 bits per heavy atom. The molecular weight excluding hydrogens is 341 g/mol. The van der Waals surface area contributed by atoms with Crippen molar-refractivity contribution in [3.8, 4) is 11.5 Å². The zero-order valence-electron chi connectivity index (χ0n) is 13.9. The zero-order valence-corrected chi connectivity index (χ0v) is 13.9. The molecule has 2 N–H and O–H groups in total. The number of hydrogen-bond acceptors (Lipinski definition) is 5. The van der Waals surface area contributed by atoms with Gasteiger partial charge in [0.25, 0.3) is 5.91 Å². The van der Waals surface area contributed by atoms with Crippen LogP contribution in [0.15, 0.2) is 41.5 Å². The third-order valence-corrected chi connectivity index (χ3v) is 3.91. The van der Waals surface area contributed by atoms with Gasteiger partial charge in [-0.25, -0.2) is 9.82 Å². The van der Waals surface area contributed by atoms with E-state index in [9.17, 15) is 19.1 Å². The number of aromatic hydroxyl groups is 1. The predicted octanol–water partition coefficient (Wildman–Crippen LogP) is 1.58. The average molecular weight is 357 g/mol. The molecule has 0 aliphatic carbocycles. The molecule has 1 aliphatic rings. The summed E-state index contributed by atoms with van der Waals surface area (Å²) < 4.78 is 18.2. The summed E-state index contributed by atoms with van der Waals surface area (Å²) >= 11 is 0. The molecule has 2 aromatic rings. The molecule has 0 atom stereocenters. The van der Waals surface area contributed by atoms with Crippen LogP contribution in [0.2, 0.25) is 0 Å². The van der Waals surface area contributed by atoms with E-state index in [4.69, 9.17) is 4.74 Å². The quantitative estimate of drug-likeness (QED) is 0.628. The summed E-state index contributed by atoms with van der Waals surface area (Å²) in [7, 11) is 1.48. The number of methoxy groups -OCH3 is 1. The lowest BCUT2D eigenvalue weighted by Gasteiger charge is -2.15. The zero-order chi connectivity index (χ0) is 18.7. The molecular formula is C18H16FN3O4. The van der Waals surface area contributed by atoms with Crippen molar-refractivity contribution in [1.29, 1.82) is 0 Å². The van der Waals surface area contributed by atoms with E-state index in [0.717, 1.165) is 0 Å². The first-order valence-corrected chi connectivity index (χ1v) is 7.75. The molecule has 26 heavy (non-hydrogen) atoms. The van der Waals surface area contributed by atoms with E-state index in [1.54, 1.807) is 12.1 Å². The summed E-state index contributed by atoms with van der Waals surface area (Å²) in [4.78, 5) is 25.3. The van der Waals surface area contributed by atoms with Crippen molar-refractivity contribution in [2.75, 3.05) is 18.6 Å². The highest BCUT2D eigenvalue weighted by atomic mass is 19.1. The normalized spacial score (nSPS) is 13.2. The fourth-order valence-electron chi connectivity index (χ4n) is 2.64. The van der Waals surface area contributed by atoms with Gasteiger partial charge >= 0.3 is 0 Å². The first-order valence-electron chi connectivity index (χ1n) is 7.75. The maximum absolute atomic E-state index is 13.2. The molecule has 0 fully saturated rings. The molecule has 0 spiro atoms. The van der Waals surface area contributed by atoms with E-state index in [2.05, 4.69) is 10.5 Å². The molecule has 3 rings (SSSR count). The molecule has 7 nitrogen and oxygen atoms in total. The number of amides is 2. The minimum atomic E-state index is -0.514. The van der Waals surface area contributed by atoms with Gasteiger partial charge in [0.1, 0.15) is 23.9 Å². The summed E-state index contributed by atoms with van der Waals surface area (Å²) in [5, 5.41) is 13.6. The lowest BCUT2D eigenvalue weighted by molar-refractivity contribution is -0.123. The number of carbonyl (C=O) groups is 2. The summed E-state index contributed by atoms with van der Waals surface area (Å²) in [6.07, 6.45) is 1.34. The Balaban J connectivity index is 1.62. The van der Waals surface area contributed by atoms with Crippen LogP contribution in [0.4, 0.5) is 10.1 Å². The molecule has 2 aromatic carbocycles. The minimum absolute atomic E-state index is 0.0481. The van der Waals surface area contributed by atoms with Gasteiger partial charge in [-0.1, -0.05) is 0 Å². The van der Waals surface area contributed by atoms with Gasteiger partial charge in [-0.2, -0.15) is 5.10 Å². The predicted molar refractivity (Wildman–Crippen MR) is 92.9 cm³/mol. The molecule has 0 saturated carbocycles. The van der Waals surface area contributed by atoms with Crippen molar-refractivity contribution < 1.29 is 23.8 Å². The Morgan fingerprint density at radius 1 is 1.38 bits per heavy atom. The third kappa shape index (κ3) is 3.64. The van der Waals surface area contributed by atoms with Gasteiger partial charge in [-0.15, -0.1) is 0 Å². The summed E-state index contributed by atoms with van der Waals surface area (Å²) in [6, 6.07) is 8.65. The van der Waals surface area contributed by atoms with E-state index in [1.807, 2.05) is 0 Å². The Morgan fingerprint density at radius 2 is 2.19 bits per heavy atom. The molecule has 0 radical (unpaired) electrons. The molecule has 0 saturated heterocycles. The Bertz CT molecular complexity index is 898. The number of hydrogen-bond donors (Lipinski definition) is 2. The summed E-state index contributed by atoms with van der Waals surface area (Å²) in [6.45, 7) is -0.233. The van der Waals surface area contributed by atoms with Crippen molar-refractivity contribution in [2.24, 2.45) is 5.10 Å². The summed E-state index contributed by atoms with van der Waals surface area (Å²) in [5.74, 6) is -0.775. The molecule has 8 heteroatoms. The van der Waals surface area contributed by atoms with Crippen molar-refractivity contribution >= 4 is 23.7 Å². The van der Waals surface area contributed by atoms with Gasteiger partial charge < -0.3 is 14.7 Å². The van der Waals surface area contributed by atoms with E-state index in [-0.39, 0.29) is 24.6 Å². The van der Waals surface area contributed by atoms with Gasteiger partial charge in [0.05, 0.1) is 19.7 Å². The number of rotatable bonds is 5. The maximum Gasteiger partial charge on any atom is 0.260 e. The van der Waals surface area contributed by atoms with Crippen LogP contribution in [-0.4, -0.2) is 36.8 Å². The van der Waals surface area contributed by atoms with E-state index >= 15 is 0 Å². The third-order valence-electron chi connectivity index (χ3n) is 3.91. The first kappa shape index (κ1) is 17.4. The number of nitrogens with one attached hydrogen (secondary N) is 1. The fraction of sp³-hybridized carbons (Fsp3) is 0.167. The van der Waals surface area contributed by atoms with Crippen molar-refractivity contribution in [3.05, 3.63) is 53.3 Å². The van der Waals surface area contributed by atoms with Gasteiger partial charge in [-0.05, 0) is 35.9 Å². The van der Waals surface area contributed by atoms with Crippen LogP contribution < -0.4 is 15.1 Å². The number of fused-ring (bicyclic) bond motifs is 1. The molecule has 0 bridgehead atoms. The maximum atomic E-state index is 13.2. The number of phenols is 1. The number of benzene rings is 2. The second kappa shape index (κ2) is 7.22. The second-order valence-electron chi connectivity index (χ2n) is 5.65. The standard InChI is InChI=1S/C18H16FN3O4/c1-26-14-4-2-11(16(23)8-14)9-20-21-17(24)10-22-15-5-3-13(19)6-12(15)7-18(22)25/h2-6,8-9,23H,7,10H2,1H3,(H,21,24)/b20-9+. The highest BCUT2D eigenvalue weighted by Crippen LogP contribution is 2.29. The van der Waals surface area contributed by atoms with Crippen LogP contribution in [0.1, 0.15) is 11.1 Å². The summed E-state index contributed by atoms with van der Waals surface area (Å²) in [5.41, 5.74) is 3.76. The van der Waals surface area contributed by atoms with E-state index in [0.29, 0.717) is 22.6 Å². The van der Waals surface area contributed by atoms with Gasteiger partial charge in [0.15, 0.2) is 0 Å². The van der Waals surface area contributed by atoms with Crippen LogP contribution in [0.3, 0.4) is 0 Å². The second-order valence-corrected chi connectivity index (χ2v) is 5.65. The SMILES string of the molecule is COc1ccc(/C=N/NC(=O)CN2C(=O)Cc3cc(F)ccc32)c(O)c1. The minimum Gasteiger partial charge on any atom is -0.507 e. The smallest absolute Gasteiger partial charge is 0.260 e. The van der Waals surface area contributed by atoms with Crippen molar-refractivity contribution in [1.82, 2.24) is 5.43 Å². The molecule has 134 valence electrons. The molecule has 0 aromatic heterocycles. The van der Waals surface area contributed by atoms with Crippen molar-refractivity contribution in [2.45, 2.75) is 6.42 Å². The van der Waals surface area contributed by atoms with E-state index in [1.165, 1.54) is 42.5 Å². The van der Waals surface area contributed by atoms with Gasteiger partial charge in [-0.3, -0.25) is 9.59 Å². The first-order chi connectivity index (χ1) is 12.5. The van der Waals surface area contributed by atoms with Crippen LogP contribution >= 0.6 is 0 Å². The Labute approximate surface area is 148 Å². The highest BCUT2D eigenvalue weighted by Gasteiger charge is 2.28. The van der Waals surface area contributed by atoms with Gasteiger partial charge in [0, 0.05) is 17.3 Å². The molecule has 1 aliphatic heterocycles. The van der Waals surface area contributed by atoms with Gasteiger partial charge in [0.2, 0.25) is 5.91 Å². The fourth-order valence-corrected chi connectivity index (χ4v) is 2.64. The lowest BCUT2D eigenvalue weighted by atomic mass is 10.1. The lowest BCUT2D eigenvalue weighted by Crippen LogP contribution is -2.37. The molecule has 0 unspecified atom stereocenters. The number of phenolic OH excluding ortho intramolecular Hbond substituents is 1. The number of nitrogens with zero attached hydrogens (tertiary/aromatic N) is 2. The number of ether oxygens (including phenoxy) is 1. The average Bonchev–Trinajstić information content (AvgIpc) is 2.90. The van der Waals surface area contributed by atoms with Crippen LogP contribution in [-0.2, 0) is 16.0 Å². The number of halogens is 1. The van der Waals surface area contributed by atoms with Crippen molar-refractivity contribution in [3.63, 3.8) is 0 Å². The number of carbonyl (C=O) groups excluding carboxylic acids is 2. The number of anilines is 1. The number of hydrazone groups is 1. The largest absolute Gasteiger partial charge is 0.507 e. The van der Waals surface area contributed by atoms with Crippen LogP contribution in [0.5, 0.6) is 11.5 Å². The molecule has 1 heterocycles. The Hall–Kier alpha value is -3.42. The molecule has 2 amide bonds. The highest BCUT2D eigenvalue weighted by molar-refractivity contribution is 6.05. The monoisotopic (exact) mass is 357 g/mol. The van der Waals surface area contributed by atoms with E-state index < -0.39 is 11.7 Å². The Kier molecular flexibility index (Phi) is 4.83. The van der Waals surface area contributed by atoms with Crippen LogP contribution in [0.25, 0.3) is 0 Å². The topological polar surface area (TPSA) is 91.2 Å².